The normalized spacial score (nSPS) is 16.1. The zero-order valence-electron chi connectivity index (χ0n) is 14.1. The molecule has 3 heterocycles. The molecule has 0 saturated carbocycles. The van der Waals surface area contributed by atoms with Crippen molar-refractivity contribution in [2.45, 2.75) is 12.8 Å². The molecule has 0 atom stereocenters. The number of nitrogens with zero attached hydrogens (tertiary/aromatic N) is 5. The van der Waals surface area contributed by atoms with Crippen molar-refractivity contribution in [1.82, 2.24) is 14.9 Å². The standard InChI is InChI=1S/C17H17N5O4/c1-26-22(13-4-8-19-12-3-2-7-20-14(12)13)15(23)17(11-18)5-9-21(10-6-17)16(24)25/h2-4,7-8H,5-6,9-10H2,1H3,(H,24,25). The molecule has 3 rings (SSSR count). The summed E-state index contributed by atoms with van der Waals surface area (Å²) in [7, 11) is 1.34. The van der Waals surface area contributed by atoms with Crippen LogP contribution in [-0.2, 0) is 9.63 Å². The fraction of sp³-hybridized carbons (Fsp3) is 0.353. The van der Waals surface area contributed by atoms with Gasteiger partial charge < -0.3 is 10.0 Å². The average molecular weight is 355 g/mol. The van der Waals surface area contributed by atoms with Crippen molar-refractivity contribution in [2.75, 3.05) is 25.3 Å². The van der Waals surface area contributed by atoms with E-state index in [1.165, 1.54) is 18.2 Å². The molecular weight excluding hydrogens is 338 g/mol. The van der Waals surface area contributed by atoms with Crippen LogP contribution in [0.5, 0.6) is 0 Å². The number of carboxylic acid groups (broad SMARTS) is 1. The van der Waals surface area contributed by atoms with Crippen LogP contribution in [0.2, 0.25) is 0 Å². The molecule has 2 aromatic heterocycles. The van der Waals surface area contributed by atoms with Gasteiger partial charge in [0.2, 0.25) is 0 Å². The number of nitriles is 1. The van der Waals surface area contributed by atoms with Gasteiger partial charge in [-0.3, -0.25) is 19.6 Å². The van der Waals surface area contributed by atoms with E-state index in [0.29, 0.717) is 16.7 Å². The van der Waals surface area contributed by atoms with Gasteiger partial charge in [-0.2, -0.15) is 10.3 Å². The summed E-state index contributed by atoms with van der Waals surface area (Å²) in [6.07, 6.45) is 2.26. The van der Waals surface area contributed by atoms with Crippen LogP contribution in [0.4, 0.5) is 10.5 Å². The van der Waals surface area contributed by atoms with E-state index in [4.69, 9.17) is 9.94 Å². The summed E-state index contributed by atoms with van der Waals surface area (Å²) in [6.45, 7) is 0.225. The van der Waals surface area contributed by atoms with Crippen LogP contribution in [-0.4, -0.2) is 52.2 Å². The van der Waals surface area contributed by atoms with Crippen molar-refractivity contribution >= 4 is 28.7 Å². The van der Waals surface area contributed by atoms with E-state index < -0.39 is 17.4 Å². The van der Waals surface area contributed by atoms with Crippen molar-refractivity contribution < 1.29 is 19.5 Å². The number of hydrogen-bond acceptors (Lipinski definition) is 6. The Morgan fingerprint density at radius 1 is 1.31 bits per heavy atom. The Morgan fingerprint density at radius 3 is 2.65 bits per heavy atom. The Morgan fingerprint density at radius 2 is 2.04 bits per heavy atom. The predicted molar refractivity (Wildman–Crippen MR) is 90.9 cm³/mol. The Balaban J connectivity index is 1.96. The van der Waals surface area contributed by atoms with E-state index in [1.54, 1.807) is 24.4 Å². The molecule has 0 spiro atoms. The number of piperidine rings is 1. The van der Waals surface area contributed by atoms with Crippen LogP contribution in [0.25, 0.3) is 11.0 Å². The second kappa shape index (κ2) is 6.93. The number of hydroxylamine groups is 1. The maximum atomic E-state index is 13.2. The van der Waals surface area contributed by atoms with Gasteiger partial charge in [0.15, 0.2) is 0 Å². The van der Waals surface area contributed by atoms with E-state index in [-0.39, 0.29) is 25.9 Å². The van der Waals surface area contributed by atoms with Gasteiger partial charge in [-0.05, 0) is 31.0 Å². The SMILES string of the molecule is CON(C(=O)C1(C#N)CCN(C(=O)O)CC1)c1ccnc2cccnc12. The highest BCUT2D eigenvalue weighted by molar-refractivity contribution is 6.03. The van der Waals surface area contributed by atoms with Gasteiger partial charge in [-0.15, -0.1) is 0 Å². The fourth-order valence-electron chi connectivity index (χ4n) is 3.07. The highest BCUT2D eigenvalue weighted by Gasteiger charge is 2.46. The smallest absolute Gasteiger partial charge is 0.407 e. The number of carbonyl (C=O) groups is 2. The first-order chi connectivity index (χ1) is 12.5. The lowest BCUT2D eigenvalue weighted by Crippen LogP contribution is -2.50. The van der Waals surface area contributed by atoms with Crippen molar-refractivity contribution in [3.8, 4) is 6.07 Å². The molecule has 9 heteroatoms. The summed E-state index contributed by atoms with van der Waals surface area (Å²) >= 11 is 0. The summed E-state index contributed by atoms with van der Waals surface area (Å²) in [5.41, 5.74) is 0.0954. The number of fused-ring (bicyclic) bond motifs is 1. The maximum absolute atomic E-state index is 13.2. The summed E-state index contributed by atoms with van der Waals surface area (Å²) in [4.78, 5) is 39.2. The molecule has 1 aliphatic rings. The highest BCUT2D eigenvalue weighted by Crippen LogP contribution is 2.36. The quantitative estimate of drug-likeness (QED) is 0.834. The van der Waals surface area contributed by atoms with Crippen LogP contribution in [0, 0.1) is 16.7 Å². The first-order valence-corrected chi connectivity index (χ1v) is 8.00. The molecule has 0 aliphatic carbocycles. The Hall–Kier alpha value is -3.25. The van der Waals surface area contributed by atoms with Crippen molar-refractivity contribution in [1.29, 1.82) is 5.26 Å². The summed E-state index contributed by atoms with van der Waals surface area (Å²) in [5.74, 6) is -0.536. The molecule has 1 saturated heterocycles. The molecule has 0 unspecified atom stereocenters. The molecule has 26 heavy (non-hydrogen) atoms. The third-order valence-corrected chi connectivity index (χ3v) is 4.57. The van der Waals surface area contributed by atoms with Gasteiger partial charge in [-0.1, -0.05) is 0 Å². The van der Waals surface area contributed by atoms with Crippen molar-refractivity contribution in [3.63, 3.8) is 0 Å². The topological polar surface area (TPSA) is 120 Å². The largest absolute Gasteiger partial charge is 0.465 e. The van der Waals surface area contributed by atoms with E-state index in [0.717, 1.165) is 5.06 Å². The van der Waals surface area contributed by atoms with Gasteiger partial charge >= 0.3 is 6.09 Å². The van der Waals surface area contributed by atoms with Crippen LogP contribution in [0.1, 0.15) is 12.8 Å². The van der Waals surface area contributed by atoms with E-state index >= 15 is 0 Å². The fourth-order valence-corrected chi connectivity index (χ4v) is 3.07. The number of pyridine rings is 2. The monoisotopic (exact) mass is 355 g/mol. The summed E-state index contributed by atoms with van der Waals surface area (Å²) in [6, 6.07) is 7.17. The second-order valence-corrected chi connectivity index (χ2v) is 5.95. The van der Waals surface area contributed by atoms with Gasteiger partial charge in [0.1, 0.15) is 16.6 Å². The van der Waals surface area contributed by atoms with Crippen LogP contribution in [0.15, 0.2) is 30.6 Å². The molecule has 2 amide bonds. The first kappa shape index (κ1) is 17.6. The van der Waals surface area contributed by atoms with Gasteiger partial charge in [0.05, 0.1) is 18.7 Å². The molecule has 9 nitrogen and oxygen atoms in total. The lowest BCUT2D eigenvalue weighted by molar-refractivity contribution is -0.134. The lowest BCUT2D eigenvalue weighted by atomic mass is 9.78. The molecule has 1 N–H and O–H groups in total. The minimum Gasteiger partial charge on any atom is -0.465 e. The summed E-state index contributed by atoms with van der Waals surface area (Å²) in [5, 5.41) is 19.8. The number of hydrogen-bond donors (Lipinski definition) is 1. The third-order valence-electron chi connectivity index (χ3n) is 4.57. The molecule has 0 radical (unpaired) electrons. The molecule has 0 bridgehead atoms. The van der Waals surface area contributed by atoms with Gasteiger partial charge in [-0.25, -0.2) is 4.79 Å². The number of likely N-dealkylation sites (tertiary alicyclic amines) is 1. The number of aromatic nitrogens is 2. The van der Waals surface area contributed by atoms with E-state index in [2.05, 4.69) is 16.0 Å². The average Bonchev–Trinajstić information content (AvgIpc) is 2.68. The van der Waals surface area contributed by atoms with Crippen LogP contribution in [0.3, 0.4) is 0 Å². The Kier molecular flexibility index (Phi) is 4.69. The van der Waals surface area contributed by atoms with E-state index in [9.17, 15) is 14.9 Å². The predicted octanol–water partition coefficient (Wildman–Crippen LogP) is 1.81. The molecule has 134 valence electrons. The zero-order valence-corrected chi connectivity index (χ0v) is 14.1. The molecule has 2 aromatic rings. The number of anilines is 1. The molecule has 1 aliphatic heterocycles. The Bertz CT molecular complexity index is 881. The molecular formula is C17H17N5O4. The zero-order chi connectivity index (χ0) is 18.7. The van der Waals surface area contributed by atoms with E-state index in [1.807, 2.05) is 0 Å². The second-order valence-electron chi connectivity index (χ2n) is 5.95. The summed E-state index contributed by atoms with van der Waals surface area (Å²) < 4.78 is 0. The Labute approximate surface area is 149 Å². The minimum absolute atomic E-state index is 0.102. The van der Waals surface area contributed by atoms with Gasteiger partial charge in [0.25, 0.3) is 5.91 Å². The third kappa shape index (κ3) is 2.91. The van der Waals surface area contributed by atoms with Crippen LogP contribution < -0.4 is 5.06 Å². The molecule has 0 aromatic carbocycles. The van der Waals surface area contributed by atoms with Crippen LogP contribution >= 0.6 is 0 Å². The highest BCUT2D eigenvalue weighted by atomic mass is 16.7. The molecule has 1 fully saturated rings. The first-order valence-electron chi connectivity index (χ1n) is 8.00. The number of amides is 2. The van der Waals surface area contributed by atoms with Gasteiger partial charge in [0, 0.05) is 25.5 Å². The van der Waals surface area contributed by atoms with Crippen molar-refractivity contribution in [2.24, 2.45) is 5.41 Å². The number of carbonyl (C=O) groups excluding carboxylic acids is 1. The maximum Gasteiger partial charge on any atom is 0.407 e. The minimum atomic E-state index is -1.35. The number of rotatable bonds is 3. The van der Waals surface area contributed by atoms with Crippen molar-refractivity contribution in [3.05, 3.63) is 30.6 Å². The lowest BCUT2D eigenvalue weighted by Gasteiger charge is -2.37.